The fraction of sp³-hybridized carbons (Fsp3) is 0.174. The summed E-state index contributed by atoms with van der Waals surface area (Å²) in [7, 11) is 0. The van der Waals surface area contributed by atoms with Gasteiger partial charge >= 0.3 is 0 Å². The average Bonchev–Trinajstić information content (AvgIpc) is 3.23. The Hall–Kier alpha value is -3.31. The molecule has 0 spiro atoms. The van der Waals surface area contributed by atoms with Crippen LogP contribution >= 0.6 is 0 Å². The first-order valence-electron chi connectivity index (χ1n) is 9.41. The fourth-order valence-corrected chi connectivity index (χ4v) is 3.10. The van der Waals surface area contributed by atoms with Crippen LogP contribution in [0.5, 0.6) is 0 Å². The van der Waals surface area contributed by atoms with Crippen LogP contribution in [0.2, 0.25) is 0 Å². The van der Waals surface area contributed by atoms with Gasteiger partial charge in [-0.2, -0.15) is 4.98 Å². The van der Waals surface area contributed by atoms with E-state index in [0.717, 1.165) is 25.2 Å². The second kappa shape index (κ2) is 9.06. The number of rotatable bonds is 8. The molecule has 0 aliphatic rings. The summed E-state index contributed by atoms with van der Waals surface area (Å²) in [5.41, 5.74) is 3.30. The zero-order valence-electron chi connectivity index (χ0n) is 15.6. The molecule has 0 aliphatic heterocycles. The van der Waals surface area contributed by atoms with Crippen LogP contribution < -0.4 is 0 Å². The van der Waals surface area contributed by atoms with Gasteiger partial charge in [0.05, 0.1) is 6.54 Å². The highest BCUT2D eigenvalue weighted by Crippen LogP contribution is 2.15. The molecule has 2 aromatic heterocycles. The third kappa shape index (κ3) is 4.90. The van der Waals surface area contributed by atoms with E-state index in [1.165, 1.54) is 11.1 Å². The van der Waals surface area contributed by atoms with Crippen molar-refractivity contribution in [3.63, 3.8) is 0 Å². The minimum atomic E-state index is 0.526. The van der Waals surface area contributed by atoms with Crippen molar-refractivity contribution in [2.24, 2.45) is 0 Å². The lowest BCUT2D eigenvalue weighted by Gasteiger charge is -2.20. The second-order valence-corrected chi connectivity index (χ2v) is 6.66. The van der Waals surface area contributed by atoms with E-state index in [9.17, 15) is 0 Å². The Kier molecular flexibility index (Phi) is 5.85. The zero-order valence-corrected chi connectivity index (χ0v) is 15.6. The number of nitrogens with zero attached hydrogens (tertiary/aromatic N) is 4. The van der Waals surface area contributed by atoms with Gasteiger partial charge in [0.2, 0.25) is 11.7 Å². The van der Waals surface area contributed by atoms with E-state index in [1.807, 2.05) is 30.3 Å². The van der Waals surface area contributed by atoms with Crippen LogP contribution in [0, 0.1) is 0 Å². The molecule has 0 fully saturated rings. The monoisotopic (exact) mass is 370 g/mol. The van der Waals surface area contributed by atoms with Gasteiger partial charge in [0.15, 0.2) is 0 Å². The fourth-order valence-electron chi connectivity index (χ4n) is 3.10. The number of benzene rings is 2. The van der Waals surface area contributed by atoms with Crippen molar-refractivity contribution < 1.29 is 4.52 Å². The average molecular weight is 370 g/mol. The van der Waals surface area contributed by atoms with Crippen LogP contribution in [-0.4, -0.2) is 26.6 Å². The van der Waals surface area contributed by atoms with Crippen molar-refractivity contribution in [3.8, 4) is 11.5 Å². The molecule has 4 rings (SSSR count). The normalized spacial score (nSPS) is 11.0. The summed E-state index contributed by atoms with van der Waals surface area (Å²) in [6, 6.07) is 26.6. The Morgan fingerprint density at radius 1 is 0.750 bits per heavy atom. The SMILES string of the molecule is c1ccc(CCN(Cc2ccccc2)Cc2nc(-c3ccccn3)no2)cc1. The lowest BCUT2D eigenvalue weighted by Crippen LogP contribution is -2.25. The molecule has 140 valence electrons. The molecule has 2 heterocycles. The molecule has 0 saturated heterocycles. The maximum atomic E-state index is 5.50. The van der Waals surface area contributed by atoms with Crippen LogP contribution in [0.4, 0.5) is 0 Å². The van der Waals surface area contributed by atoms with Gasteiger partial charge in [0.1, 0.15) is 5.69 Å². The van der Waals surface area contributed by atoms with Crippen LogP contribution in [0.3, 0.4) is 0 Å². The first-order chi connectivity index (χ1) is 13.9. The molecule has 0 aliphatic carbocycles. The summed E-state index contributed by atoms with van der Waals surface area (Å²) >= 11 is 0. The number of hydrogen-bond acceptors (Lipinski definition) is 5. The van der Waals surface area contributed by atoms with E-state index in [2.05, 4.69) is 68.6 Å². The molecule has 0 bridgehead atoms. The summed E-state index contributed by atoms with van der Waals surface area (Å²) < 4.78 is 5.50. The number of pyridine rings is 1. The first kappa shape index (κ1) is 18.1. The number of aromatic nitrogens is 3. The third-order valence-electron chi connectivity index (χ3n) is 4.53. The van der Waals surface area contributed by atoms with E-state index >= 15 is 0 Å². The number of hydrogen-bond donors (Lipinski definition) is 0. The molecular formula is C23H22N4O. The largest absolute Gasteiger partial charge is 0.337 e. The van der Waals surface area contributed by atoms with E-state index in [4.69, 9.17) is 4.52 Å². The van der Waals surface area contributed by atoms with Crippen molar-refractivity contribution in [2.75, 3.05) is 6.54 Å². The Balaban J connectivity index is 1.47. The second-order valence-electron chi connectivity index (χ2n) is 6.66. The molecule has 5 heteroatoms. The van der Waals surface area contributed by atoms with E-state index in [1.54, 1.807) is 6.20 Å². The summed E-state index contributed by atoms with van der Waals surface area (Å²) in [5.74, 6) is 1.13. The van der Waals surface area contributed by atoms with Gasteiger partial charge in [0, 0.05) is 19.3 Å². The molecule has 5 nitrogen and oxygen atoms in total. The predicted molar refractivity (Wildman–Crippen MR) is 108 cm³/mol. The molecule has 0 radical (unpaired) electrons. The quantitative estimate of drug-likeness (QED) is 0.461. The third-order valence-corrected chi connectivity index (χ3v) is 4.53. The molecule has 0 atom stereocenters. The van der Waals surface area contributed by atoms with Crippen molar-refractivity contribution >= 4 is 0 Å². The highest BCUT2D eigenvalue weighted by atomic mass is 16.5. The molecule has 0 N–H and O–H groups in total. The minimum Gasteiger partial charge on any atom is -0.337 e. The van der Waals surface area contributed by atoms with Gasteiger partial charge in [0.25, 0.3) is 0 Å². The Bertz CT molecular complexity index is 971. The van der Waals surface area contributed by atoms with Crippen molar-refractivity contribution in [3.05, 3.63) is 102 Å². The Morgan fingerprint density at radius 2 is 1.46 bits per heavy atom. The highest BCUT2D eigenvalue weighted by molar-refractivity contribution is 5.47. The van der Waals surface area contributed by atoms with Gasteiger partial charge in [-0.05, 0) is 29.7 Å². The van der Waals surface area contributed by atoms with Crippen LogP contribution in [0.15, 0.2) is 89.6 Å². The summed E-state index contributed by atoms with van der Waals surface area (Å²) in [4.78, 5) is 11.2. The molecule has 28 heavy (non-hydrogen) atoms. The molecular weight excluding hydrogens is 348 g/mol. The van der Waals surface area contributed by atoms with Crippen molar-refractivity contribution in [2.45, 2.75) is 19.5 Å². The minimum absolute atomic E-state index is 0.526. The topological polar surface area (TPSA) is 55.1 Å². The van der Waals surface area contributed by atoms with Gasteiger partial charge in [-0.15, -0.1) is 0 Å². The Labute approximate surface area is 164 Å². The lowest BCUT2D eigenvalue weighted by atomic mass is 10.1. The molecule has 0 amide bonds. The van der Waals surface area contributed by atoms with Gasteiger partial charge in [-0.25, -0.2) is 0 Å². The molecule has 2 aromatic carbocycles. The lowest BCUT2D eigenvalue weighted by molar-refractivity contribution is 0.221. The van der Waals surface area contributed by atoms with Crippen LogP contribution in [0.25, 0.3) is 11.5 Å². The van der Waals surface area contributed by atoms with Gasteiger partial charge < -0.3 is 4.52 Å². The van der Waals surface area contributed by atoms with Crippen LogP contribution in [0.1, 0.15) is 17.0 Å². The van der Waals surface area contributed by atoms with Crippen LogP contribution in [-0.2, 0) is 19.5 Å². The van der Waals surface area contributed by atoms with Gasteiger partial charge in [-0.3, -0.25) is 9.88 Å². The molecule has 0 saturated carbocycles. The summed E-state index contributed by atoms with van der Waals surface area (Å²) in [6.45, 7) is 2.33. The maximum absolute atomic E-state index is 5.50. The molecule has 0 unspecified atom stereocenters. The van der Waals surface area contributed by atoms with E-state index in [0.29, 0.717) is 18.3 Å². The van der Waals surface area contributed by atoms with Gasteiger partial charge in [-0.1, -0.05) is 71.9 Å². The predicted octanol–water partition coefficient (Wildman–Crippen LogP) is 4.38. The smallest absolute Gasteiger partial charge is 0.241 e. The van der Waals surface area contributed by atoms with E-state index in [-0.39, 0.29) is 0 Å². The van der Waals surface area contributed by atoms with E-state index < -0.39 is 0 Å². The standard InChI is InChI=1S/C23H22N4O/c1-3-9-19(10-4-1)14-16-27(17-20-11-5-2-6-12-20)18-22-25-23(26-28-22)21-13-7-8-15-24-21/h1-13,15H,14,16-18H2. The zero-order chi connectivity index (χ0) is 19.0. The maximum Gasteiger partial charge on any atom is 0.241 e. The molecule has 4 aromatic rings. The highest BCUT2D eigenvalue weighted by Gasteiger charge is 2.14. The summed E-state index contributed by atoms with van der Waals surface area (Å²) in [6.07, 6.45) is 2.70. The Morgan fingerprint density at radius 3 is 2.18 bits per heavy atom. The van der Waals surface area contributed by atoms with Crippen molar-refractivity contribution in [1.29, 1.82) is 0 Å². The summed E-state index contributed by atoms with van der Waals surface area (Å²) in [5, 5.41) is 4.09. The van der Waals surface area contributed by atoms with Crippen molar-refractivity contribution in [1.82, 2.24) is 20.0 Å². The first-order valence-corrected chi connectivity index (χ1v) is 9.41.